The molecular weight excluding hydrogens is 284 g/mol. The number of thiophene rings is 1. The summed E-state index contributed by atoms with van der Waals surface area (Å²) in [7, 11) is 1.65. The fourth-order valence-corrected chi connectivity index (χ4v) is 4.36. The number of nitrogens with two attached hydrogens (primary N) is 1. The van der Waals surface area contributed by atoms with Crippen LogP contribution in [0.4, 0.5) is 10.7 Å². The Morgan fingerprint density at radius 3 is 2.81 bits per heavy atom. The molecule has 0 radical (unpaired) electrons. The van der Waals surface area contributed by atoms with Crippen molar-refractivity contribution in [1.82, 2.24) is 0 Å². The standard InChI is InChI=1S/C16H24N2O2S/c1-3-10-5-4-8-18(9-10)16-14(20-2)12(17)15(21-16)13(19)11-6-7-11/h10-11H,3-9,17H2,1-2H3. The molecule has 0 amide bonds. The lowest BCUT2D eigenvalue weighted by Crippen LogP contribution is -2.34. The van der Waals surface area contributed by atoms with Gasteiger partial charge in [0.25, 0.3) is 0 Å². The molecule has 1 unspecified atom stereocenters. The minimum Gasteiger partial charge on any atom is -0.492 e. The van der Waals surface area contributed by atoms with Gasteiger partial charge < -0.3 is 15.4 Å². The largest absolute Gasteiger partial charge is 0.492 e. The molecule has 0 aromatic carbocycles. The molecule has 1 saturated heterocycles. The minimum atomic E-state index is 0.202. The Morgan fingerprint density at radius 2 is 2.19 bits per heavy atom. The summed E-state index contributed by atoms with van der Waals surface area (Å²) >= 11 is 1.53. The number of carbonyl (C=O) groups excluding carboxylic acids is 1. The number of piperidine rings is 1. The predicted molar refractivity (Wildman–Crippen MR) is 87.6 cm³/mol. The second-order valence-corrected chi connectivity index (χ2v) is 7.18. The van der Waals surface area contributed by atoms with E-state index >= 15 is 0 Å². The zero-order valence-corrected chi connectivity index (χ0v) is 13.7. The van der Waals surface area contributed by atoms with Crippen LogP contribution < -0.4 is 15.4 Å². The summed E-state index contributed by atoms with van der Waals surface area (Å²) in [6.45, 7) is 4.32. The number of rotatable bonds is 5. The molecule has 116 valence electrons. The van der Waals surface area contributed by atoms with Crippen molar-refractivity contribution in [3.8, 4) is 5.75 Å². The Bertz CT molecular complexity index is 537. The van der Waals surface area contributed by atoms with Crippen LogP contribution in [0.5, 0.6) is 5.75 Å². The summed E-state index contributed by atoms with van der Waals surface area (Å²) in [5.41, 5.74) is 6.74. The van der Waals surface area contributed by atoms with Crippen LogP contribution >= 0.6 is 11.3 Å². The van der Waals surface area contributed by atoms with Gasteiger partial charge in [0.05, 0.1) is 17.7 Å². The van der Waals surface area contributed by atoms with E-state index in [0.29, 0.717) is 16.3 Å². The maximum Gasteiger partial charge on any atom is 0.178 e. The summed E-state index contributed by atoms with van der Waals surface area (Å²) in [6, 6.07) is 0. The first-order chi connectivity index (χ1) is 10.2. The van der Waals surface area contributed by atoms with Gasteiger partial charge in [-0.15, -0.1) is 11.3 Å². The normalized spacial score (nSPS) is 22.4. The van der Waals surface area contributed by atoms with Gasteiger partial charge >= 0.3 is 0 Å². The molecule has 1 atom stereocenters. The Kier molecular flexibility index (Phi) is 4.11. The van der Waals surface area contributed by atoms with Gasteiger partial charge in [-0.3, -0.25) is 4.79 Å². The quantitative estimate of drug-likeness (QED) is 0.845. The molecule has 4 nitrogen and oxygen atoms in total. The number of hydrogen-bond donors (Lipinski definition) is 1. The number of nitrogen functional groups attached to an aromatic ring is 1. The third-order valence-electron chi connectivity index (χ3n) is 4.64. The molecule has 2 fully saturated rings. The summed E-state index contributed by atoms with van der Waals surface area (Å²) in [4.78, 5) is 15.4. The minimum absolute atomic E-state index is 0.202. The zero-order valence-electron chi connectivity index (χ0n) is 12.9. The SMILES string of the molecule is CCC1CCCN(c2sc(C(=O)C3CC3)c(N)c2OC)C1. The zero-order chi connectivity index (χ0) is 15.0. The topological polar surface area (TPSA) is 55.6 Å². The number of carbonyl (C=O) groups is 1. The molecule has 2 N–H and O–H groups in total. The number of methoxy groups -OCH3 is 1. The van der Waals surface area contributed by atoms with E-state index in [4.69, 9.17) is 10.5 Å². The van der Waals surface area contributed by atoms with Crippen molar-refractivity contribution in [3.05, 3.63) is 4.88 Å². The fraction of sp³-hybridized carbons (Fsp3) is 0.688. The van der Waals surface area contributed by atoms with Crippen molar-refractivity contribution in [2.45, 2.75) is 39.0 Å². The summed E-state index contributed by atoms with van der Waals surface area (Å²) in [5, 5.41) is 1.05. The molecule has 2 aliphatic rings. The first kappa shape index (κ1) is 14.7. The van der Waals surface area contributed by atoms with Crippen molar-refractivity contribution >= 4 is 27.8 Å². The van der Waals surface area contributed by atoms with E-state index in [1.165, 1.54) is 30.6 Å². The van der Waals surface area contributed by atoms with Gasteiger partial charge in [-0.1, -0.05) is 13.3 Å². The van der Waals surface area contributed by atoms with Gasteiger partial charge in [0.1, 0.15) is 5.00 Å². The second kappa shape index (κ2) is 5.87. The highest BCUT2D eigenvalue weighted by atomic mass is 32.1. The first-order valence-corrected chi connectivity index (χ1v) is 8.72. The van der Waals surface area contributed by atoms with E-state index in [1.54, 1.807) is 7.11 Å². The molecule has 0 spiro atoms. The van der Waals surface area contributed by atoms with Crippen LogP contribution in [0, 0.1) is 11.8 Å². The Balaban J connectivity index is 1.90. The van der Waals surface area contributed by atoms with Crippen LogP contribution in [0.3, 0.4) is 0 Å². The Labute approximate surface area is 130 Å². The molecule has 1 aliphatic heterocycles. The molecule has 1 aliphatic carbocycles. The molecule has 2 heterocycles. The molecular formula is C16H24N2O2S. The first-order valence-electron chi connectivity index (χ1n) is 7.91. The van der Waals surface area contributed by atoms with Crippen molar-refractivity contribution in [1.29, 1.82) is 0 Å². The monoisotopic (exact) mass is 308 g/mol. The number of Topliss-reactive ketones (excluding diaryl/α,β-unsaturated/α-hetero) is 1. The molecule has 1 aromatic rings. The summed E-state index contributed by atoms with van der Waals surface area (Å²) in [6.07, 6.45) is 5.72. The van der Waals surface area contributed by atoms with E-state index in [-0.39, 0.29) is 11.7 Å². The number of ketones is 1. The van der Waals surface area contributed by atoms with E-state index < -0.39 is 0 Å². The predicted octanol–water partition coefficient (Wildman–Crippen LogP) is 3.56. The average molecular weight is 308 g/mol. The number of nitrogens with zero attached hydrogens (tertiary/aromatic N) is 1. The van der Waals surface area contributed by atoms with Gasteiger partial charge in [0, 0.05) is 19.0 Å². The van der Waals surface area contributed by atoms with Gasteiger partial charge in [0.2, 0.25) is 0 Å². The highest BCUT2D eigenvalue weighted by Crippen LogP contribution is 2.48. The smallest absolute Gasteiger partial charge is 0.178 e. The van der Waals surface area contributed by atoms with Crippen LogP contribution in [0.15, 0.2) is 0 Å². The average Bonchev–Trinajstić information content (AvgIpc) is 3.30. The number of anilines is 2. The third kappa shape index (κ3) is 2.76. The van der Waals surface area contributed by atoms with Crippen molar-refractivity contribution in [2.24, 2.45) is 11.8 Å². The number of ether oxygens (including phenoxy) is 1. The second-order valence-electron chi connectivity index (χ2n) is 6.18. The van der Waals surface area contributed by atoms with Gasteiger partial charge in [-0.05, 0) is 31.6 Å². The lowest BCUT2D eigenvalue weighted by Gasteiger charge is -2.33. The highest BCUT2D eigenvalue weighted by molar-refractivity contribution is 7.19. The maximum absolute atomic E-state index is 12.4. The summed E-state index contributed by atoms with van der Waals surface area (Å²) in [5.74, 6) is 1.86. The lowest BCUT2D eigenvalue weighted by atomic mass is 9.96. The third-order valence-corrected chi connectivity index (χ3v) is 5.90. The van der Waals surface area contributed by atoms with Gasteiger partial charge in [0.15, 0.2) is 11.5 Å². The Hall–Kier alpha value is -1.23. The van der Waals surface area contributed by atoms with E-state index in [2.05, 4.69) is 11.8 Å². The fourth-order valence-electron chi connectivity index (χ4n) is 3.12. The number of hydrogen-bond acceptors (Lipinski definition) is 5. The van der Waals surface area contributed by atoms with Crippen molar-refractivity contribution < 1.29 is 9.53 Å². The van der Waals surface area contributed by atoms with Crippen LogP contribution in [0.25, 0.3) is 0 Å². The van der Waals surface area contributed by atoms with Crippen molar-refractivity contribution in [3.63, 3.8) is 0 Å². The van der Waals surface area contributed by atoms with E-state index in [9.17, 15) is 4.79 Å². The van der Waals surface area contributed by atoms with E-state index in [1.807, 2.05) is 0 Å². The molecule has 1 saturated carbocycles. The van der Waals surface area contributed by atoms with Crippen LogP contribution in [0.1, 0.15) is 48.7 Å². The van der Waals surface area contributed by atoms with Crippen LogP contribution in [-0.4, -0.2) is 26.0 Å². The lowest BCUT2D eigenvalue weighted by molar-refractivity contribution is 0.0972. The molecule has 3 rings (SSSR count). The van der Waals surface area contributed by atoms with Gasteiger partial charge in [-0.2, -0.15) is 0 Å². The van der Waals surface area contributed by atoms with Crippen molar-refractivity contribution in [2.75, 3.05) is 30.8 Å². The summed E-state index contributed by atoms with van der Waals surface area (Å²) < 4.78 is 5.52. The van der Waals surface area contributed by atoms with E-state index in [0.717, 1.165) is 36.9 Å². The molecule has 5 heteroatoms. The molecule has 0 bridgehead atoms. The van der Waals surface area contributed by atoms with Crippen LogP contribution in [0.2, 0.25) is 0 Å². The molecule has 1 aromatic heterocycles. The van der Waals surface area contributed by atoms with Gasteiger partial charge in [-0.25, -0.2) is 0 Å². The van der Waals surface area contributed by atoms with Crippen LogP contribution in [-0.2, 0) is 0 Å². The molecule has 21 heavy (non-hydrogen) atoms. The Morgan fingerprint density at radius 1 is 1.43 bits per heavy atom. The maximum atomic E-state index is 12.4. The highest BCUT2D eigenvalue weighted by Gasteiger charge is 2.35.